The van der Waals surface area contributed by atoms with Gasteiger partial charge in [0.05, 0.1) is 23.0 Å². The first-order chi connectivity index (χ1) is 12.4. The highest BCUT2D eigenvalue weighted by Gasteiger charge is 2.38. The van der Waals surface area contributed by atoms with Gasteiger partial charge in [-0.2, -0.15) is 23.4 Å². The van der Waals surface area contributed by atoms with Crippen LogP contribution < -0.4 is 10.7 Å². The Morgan fingerprint density at radius 3 is 2.92 bits per heavy atom. The number of hydrazone groups is 1. The zero-order valence-electron chi connectivity index (χ0n) is 14.3. The lowest BCUT2D eigenvalue weighted by Gasteiger charge is -2.17. The number of H-pyrrole nitrogens is 1. The number of aromatic nitrogens is 2. The number of alkyl halides is 3. The van der Waals surface area contributed by atoms with Gasteiger partial charge in [-0.1, -0.05) is 12.2 Å². The zero-order chi connectivity index (χ0) is 18.7. The monoisotopic (exact) mass is 364 g/mol. The van der Waals surface area contributed by atoms with E-state index in [1.165, 1.54) is 6.20 Å². The summed E-state index contributed by atoms with van der Waals surface area (Å²) in [7, 11) is 1.73. The van der Waals surface area contributed by atoms with Crippen LogP contribution in [0.3, 0.4) is 0 Å². The van der Waals surface area contributed by atoms with Crippen LogP contribution in [0.25, 0.3) is 0 Å². The van der Waals surface area contributed by atoms with Crippen LogP contribution in [0.4, 0.5) is 13.2 Å². The lowest BCUT2D eigenvalue weighted by molar-refractivity contribution is -0.141. The molecule has 1 aromatic heterocycles. The molecule has 0 saturated heterocycles. The fraction of sp³-hybridized carbons (Fsp3) is 0.353. The van der Waals surface area contributed by atoms with E-state index in [1.807, 2.05) is 12.2 Å². The van der Waals surface area contributed by atoms with Gasteiger partial charge in [-0.05, 0) is 31.7 Å². The topological polar surface area (TPSA) is 77.5 Å². The predicted octanol–water partition coefficient (Wildman–Crippen LogP) is 2.41. The van der Waals surface area contributed by atoms with Gasteiger partial charge >= 0.3 is 6.18 Å². The number of aromatic amines is 1. The highest BCUT2D eigenvalue weighted by Crippen LogP contribution is 2.32. The molecule has 3 N–H and O–H groups in total. The maximum absolute atomic E-state index is 13.3. The standard InChI is InChI=1S/C17H19F3N6/c1-3-10(7-21-2)15(13-9-23-26-16(13)17(18,19)20)24-12-4-5-14-11(6-12)8-22-25-14/h3-6,8-9,11,14,21,25H,7H2,1-2H3,(H,23,26)/b10-3+,24-15+. The van der Waals surface area contributed by atoms with E-state index in [2.05, 4.69) is 31.0 Å². The van der Waals surface area contributed by atoms with E-state index in [9.17, 15) is 13.2 Å². The van der Waals surface area contributed by atoms with Gasteiger partial charge < -0.3 is 10.7 Å². The number of hydrogen-bond acceptors (Lipinski definition) is 5. The Hall–Kier alpha value is -2.68. The first-order valence-corrected chi connectivity index (χ1v) is 8.13. The van der Waals surface area contributed by atoms with Crippen molar-refractivity contribution in [3.8, 4) is 0 Å². The summed E-state index contributed by atoms with van der Waals surface area (Å²) in [5.74, 6) is 0.0322. The van der Waals surface area contributed by atoms with Crippen molar-refractivity contribution < 1.29 is 13.2 Å². The molecule has 2 heterocycles. The first-order valence-electron chi connectivity index (χ1n) is 8.13. The fourth-order valence-electron chi connectivity index (χ4n) is 2.88. The van der Waals surface area contributed by atoms with Crippen molar-refractivity contribution in [3.63, 3.8) is 0 Å². The van der Waals surface area contributed by atoms with Crippen molar-refractivity contribution >= 4 is 11.9 Å². The Balaban J connectivity index is 2.07. The predicted molar refractivity (Wildman–Crippen MR) is 93.9 cm³/mol. The molecule has 26 heavy (non-hydrogen) atoms. The molecule has 2 aliphatic rings. The molecular weight excluding hydrogens is 345 g/mol. The molecule has 2 unspecified atom stereocenters. The normalized spacial score (nSPS) is 23.0. The quantitative estimate of drug-likeness (QED) is 0.702. The molecule has 0 saturated carbocycles. The van der Waals surface area contributed by atoms with Crippen LogP contribution in [0.5, 0.6) is 0 Å². The number of halogens is 3. The molecule has 0 spiro atoms. The van der Waals surface area contributed by atoms with E-state index in [-0.39, 0.29) is 23.2 Å². The van der Waals surface area contributed by atoms with Crippen LogP contribution in [0.1, 0.15) is 18.2 Å². The summed E-state index contributed by atoms with van der Waals surface area (Å²) in [6, 6.07) is 0.0653. The number of hydrogen-bond donors (Lipinski definition) is 3. The molecule has 1 aliphatic heterocycles. The van der Waals surface area contributed by atoms with Crippen LogP contribution in [-0.4, -0.2) is 41.8 Å². The molecule has 9 heteroatoms. The molecule has 1 aliphatic carbocycles. The highest BCUT2D eigenvalue weighted by molar-refractivity contribution is 6.14. The van der Waals surface area contributed by atoms with Crippen LogP contribution in [0.15, 0.2) is 51.9 Å². The first kappa shape index (κ1) is 18.1. The van der Waals surface area contributed by atoms with Crippen molar-refractivity contribution in [2.45, 2.75) is 19.1 Å². The minimum Gasteiger partial charge on any atom is -0.316 e. The number of allylic oxidation sites excluding steroid dienone is 2. The molecule has 0 fully saturated rings. The van der Waals surface area contributed by atoms with E-state index in [4.69, 9.17) is 0 Å². The summed E-state index contributed by atoms with van der Waals surface area (Å²) in [4.78, 5) is 4.54. The fourth-order valence-corrected chi connectivity index (χ4v) is 2.88. The number of nitrogens with one attached hydrogen (secondary N) is 3. The van der Waals surface area contributed by atoms with Crippen LogP contribution in [0.2, 0.25) is 0 Å². The summed E-state index contributed by atoms with van der Waals surface area (Å²) in [5.41, 5.74) is 3.36. The Bertz CT molecular complexity index is 813. The molecule has 3 rings (SSSR count). The molecular formula is C17H19F3N6. The second-order valence-electron chi connectivity index (χ2n) is 5.91. The average Bonchev–Trinajstić information content (AvgIpc) is 3.25. The van der Waals surface area contributed by atoms with Crippen LogP contribution >= 0.6 is 0 Å². The van der Waals surface area contributed by atoms with Crippen LogP contribution in [-0.2, 0) is 6.18 Å². The Labute approximate surface area is 148 Å². The molecule has 1 aromatic rings. The number of likely N-dealkylation sites (N-methyl/N-ethyl adjacent to an activating group) is 1. The number of fused-ring (bicyclic) bond motifs is 1. The third-order valence-electron chi connectivity index (χ3n) is 4.15. The summed E-state index contributed by atoms with van der Waals surface area (Å²) >= 11 is 0. The van der Waals surface area contributed by atoms with Crippen LogP contribution in [0, 0.1) is 5.92 Å². The molecule has 138 valence electrons. The van der Waals surface area contributed by atoms with Gasteiger partial charge in [0.25, 0.3) is 0 Å². The van der Waals surface area contributed by atoms with E-state index in [0.29, 0.717) is 17.8 Å². The largest absolute Gasteiger partial charge is 0.435 e. The maximum atomic E-state index is 13.3. The number of nitrogens with zero attached hydrogens (tertiary/aromatic N) is 3. The van der Waals surface area contributed by atoms with Gasteiger partial charge in [0.2, 0.25) is 0 Å². The molecule has 0 aromatic carbocycles. The van der Waals surface area contributed by atoms with Crippen molar-refractivity contribution in [2.24, 2.45) is 16.0 Å². The lowest BCUT2D eigenvalue weighted by Crippen LogP contribution is -2.26. The van der Waals surface area contributed by atoms with Crippen molar-refractivity contribution in [3.05, 3.63) is 53.0 Å². The van der Waals surface area contributed by atoms with E-state index in [0.717, 1.165) is 0 Å². The van der Waals surface area contributed by atoms with Crippen molar-refractivity contribution in [1.82, 2.24) is 20.9 Å². The minimum absolute atomic E-state index is 0.0322. The smallest absolute Gasteiger partial charge is 0.316 e. The molecule has 0 amide bonds. The zero-order valence-corrected chi connectivity index (χ0v) is 14.3. The average molecular weight is 364 g/mol. The molecule has 2 atom stereocenters. The molecule has 0 bridgehead atoms. The SMILES string of the molecule is C/C=C(CNC)/C(=N\C1=CC2C=NNC2C=C1)c1c[nH]nc1C(F)(F)F. The number of rotatable bonds is 5. The van der Waals surface area contributed by atoms with Crippen molar-refractivity contribution in [1.29, 1.82) is 0 Å². The Morgan fingerprint density at radius 1 is 1.42 bits per heavy atom. The van der Waals surface area contributed by atoms with Gasteiger partial charge in [-0.15, -0.1) is 0 Å². The summed E-state index contributed by atoms with van der Waals surface area (Å²) < 4.78 is 40.0. The van der Waals surface area contributed by atoms with Crippen molar-refractivity contribution in [2.75, 3.05) is 13.6 Å². The molecule has 6 nitrogen and oxygen atoms in total. The van der Waals surface area contributed by atoms with E-state index < -0.39 is 11.9 Å². The van der Waals surface area contributed by atoms with Gasteiger partial charge in [0, 0.05) is 24.9 Å². The van der Waals surface area contributed by atoms with E-state index >= 15 is 0 Å². The van der Waals surface area contributed by atoms with Gasteiger partial charge in [-0.25, -0.2) is 4.99 Å². The lowest BCUT2D eigenvalue weighted by atomic mass is 9.96. The number of aliphatic imine (C=N–C) groups is 1. The Kier molecular flexibility index (Phi) is 5.08. The third-order valence-corrected chi connectivity index (χ3v) is 4.15. The summed E-state index contributed by atoms with van der Waals surface area (Å²) in [6.07, 6.45) is 5.73. The Morgan fingerprint density at radius 2 is 2.23 bits per heavy atom. The minimum atomic E-state index is -4.57. The highest BCUT2D eigenvalue weighted by atomic mass is 19.4. The third kappa shape index (κ3) is 3.62. The van der Waals surface area contributed by atoms with Gasteiger partial charge in [0.15, 0.2) is 5.69 Å². The second kappa shape index (κ2) is 7.28. The summed E-state index contributed by atoms with van der Waals surface area (Å²) in [5, 5.41) is 12.7. The summed E-state index contributed by atoms with van der Waals surface area (Å²) in [6.45, 7) is 2.15. The maximum Gasteiger partial charge on any atom is 0.435 e. The second-order valence-corrected chi connectivity index (χ2v) is 5.91. The van der Waals surface area contributed by atoms with E-state index in [1.54, 1.807) is 32.3 Å². The van der Waals surface area contributed by atoms with Gasteiger partial charge in [0.1, 0.15) is 0 Å². The van der Waals surface area contributed by atoms with Gasteiger partial charge in [-0.3, -0.25) is 5.10 Å². The molecule has 0 radical (unpaired) electrons.